The van der Waals surface area contributed by atoms with Crippen molar-refractivity contribution in [3.05, 3.63) is 0 Å². The van der Waals surface area contributed by atoms with Crippen LogP contribution in [0.5, 0.6) is 0 Å². The molecule has 4 heteroatoms. The van der Waals surface area contributed by atoms with Gasteiger partial charge in [-0.1, -0.05) is 19.8 Å². The summed E-state index contributed by atoms with van der Waals surface area (Å²) in [6, 6.07) is 0.477. The molecule has 3 N–H and O–H groups in total. The first-order valence-corrected chi connectivity index (χ1v) is 8.37. The summed E-state index contributed by atoms with van der Waals surface area (Å²) >= 11 is 0. The fourth-order valence-corrected chi connectivity index (χ4v) is 3.61. The monoisotopic (exact) mass is 281 g/mol. The van der Waals surface area contributed by atoms with E-state index in [0.29, 0.717) is 12.0 Å². The summed E-state index contributed by atoms with van der Waals surface area (Å²) in [6.07, 6.45) is 7.19. The van der Waals surface area contributed by atoms with E-state index < -0.39 is 0 Å². The van der Waals surface area contributed by atoms with E-state index in [0.717, 1.165) is 25.8 Å². The van der Waals surface area contributed by atoms with Gasteiger partial charge in [0.1, 0.15) is 0 Å². The zero-order chi connectivity index (χ0) is 14.5. The van der Waals surface area contributed by atoms with Crippen LogP contribution < -0.4 is 11.1 Å². The van der Waals surface area contributed by atoms with Gasteiger partial charge in [-0.25, -0.2) is 0 Å². The van der Waals surface area contributed by atoms with Crippen molar-refractivity contribution in [2.75, 3.05) is 19.6 Å². The molecule has 1 saturated carbocycles. The number of carbonyl (C=O) groups excluding carboxylic acids is 1. The molecule has 0 spiro atoms. The van der Waals surface area contributed by atoms with Crippen LogP contribution in [0.2, 0.25) is 0 Å². The van der Waals surface area contributed by atoms with E-state index in [9.17, 15) is 4.79 Å². The van der Waals surface area contributed by atoms with Crippen molar-refractivity contribution in [2.45, 2.75) is 64.5 Å². The van der Waals surface area contributed by atoms with Gasteiger partial charge in [0, 0.05) is 18.6 Å². The standard InChI is InChI=1S/C16H31N3O/c1-12-7-6-8-14(15(12)17)16(20)18-11-13(2)19-9-4-3-5-10-19/h12-15H,3-11,17H2,1-2H3,(H,18,20). The van der Waals surface area contributed by atoms with Gasteiger partial charge in [-0.3, -0.25) is 9.69 Å². The van der Waals surface area contributed by atoms with Gasteiger partial charge < -0.3 is 11.1 Å². The first-order chi connectivity index (χ1) is 9.59. The second-order valence-corrected chi connectivity index (χ2v) is 6.78. The molecule has 0 aromatic rings. The molecule has 0 radical (unpaired) electrons. The molecule has 1 aliphatic heterocycles. The molecular formula is C16H31N3O. The molecule has 116 valence electrons. The van der Waals surface area contributed by atoms with Gasteiger partial charge in [-0.2, -0.15) is 0 Å². The number of carbonyl (C=O) groups is 1. The molecule has 0 aromatic carbocycles. The van der Waals surface area contributed by atoms with E-state index in [1.165, 1.54) is 32.4 Å². The van der Waals surface area contributed by atoms with Crippen molar-refractivity contribution in [3.63, 3.8) is 0 Å². The number of piperidine rings is 1. The zero-order valence-electron chi connectivity index (χ0n) is 13.1. The Morgan fingerprint density at radius 1 is 1.25 bits per heavy atom. The third-order valence-corrected chi connectivity index (χ3v) is 5.22. The second kappa shape index (κ2) is 7.41. The van der Waals surface area contributed by atoms with E-state index in [-0.39, 0.29) is 17.9 Å². The van der Waals surface area contributed by atoms with Gasteiger partial charge in [0.15, 0.2) is 0 Å². The Labute approximate surface area is 123 Å². The van der Waals surface area contributed by atoms with Gasteiger partial charge in [0.2, 0.25) is 5.91 Å². The number of likely N-dealkylation sites (tertiary alicyclic amines) is 1. The first-order valence-electron chi connectivity index (χ1n) is 8.37. The fourth-order valence-electron chi connectivity index (χ4n) is 3.61. The van der Waals surface area contributed by atoms with E-state index in [1.54, 1.807) is 0 Å². The predicted octanol–water partition coefficient (Wildman–Crippen LogP) is 1.74. The number of amides is 1. The smallest absolute Gasteiger partial charge is 0.224 e. The maximum Gasteiger partial charge on any atom is 0.224 e. The topological polar surface area (TPSA) is 58.4 Å². The first kappa shape index (κ1) is 15.8. The number of rotatable bonds is 4. The minimum Gasteiger partial charge on any atom is -0.354 e. The normalized spacial score (nSPS) is 33.6. The van der Waals surface area contributed by atoms with Crippen molar-refractivity contribution < 1.29 is 4.79 Å². The molecule has 0 aromatic heterocycles. The van der Waals surface area contributed by atoms with Crippen LogP contribution in [0.15, 0.2) is 0 Å². The highest BCUT2D eigenvalue weighted by molar-refractivity contribution is 5.79. The highest BCUT2D eigenvalue weighted by Gasteiger charge is 2.32. The van der Waals surface area contributed by atoms with Crippen LogP contribution in [0.1, 0.15) is 52.4 Å². The van der Waals surface area contributed by atoms with Crippen molar-refractivity contribution in [3.8, 4) is 0 Å². The number of hydrogen-bond acceptors (Lipinski definition) is 3. The lowest BCUT2D eigenvalue weighted by Gasteiger charge is -2.35. The van der Waals surface area contributed by atoms with Gasteiger partial charge in [-0.05, 0) is 51.6 Å². The SMILES string of the molecule is CC1CCCC(C(=O)NCC(C)N2CCCCC2)C1N. The molecule has 1 aliphatic carbocycles. The molecule has 2 fully saturated rings. The Morgan fingerprint density at radius 3 is 2.65 bits per heavy atom. The quantitative estimate of drug-likeness (QED) is 0.825. The van der Waals surface area contributed by atoms with Crippen molar-refractivity contribution in [1.29, 1.82) is 0 Å². The molecule has 4 atom stereocenters. The van der Waals surface area contributed by atoms with Crippen LogP contribution in [0.3, 0.4) is 0 Å². The van der Waals surface area contributed by atoms with Crippen LogP contribution in [-0.4, -0.2) is 42.5 Å². The molecule has 4 unspecified atom stereocenters. The third-order valence-electron chi connectivity index (χ3n) is 5.22. The number of nitrogens with one attached hydrogen (secondary N) is 1. The molecular weight excluding hydrogens is 250 g/mol. The number of nitrogens with two attached hydrogens (primary N) is 1. The number of hydrogen-bond donors (Lipinski definition) is 2. The lowest BCUT2D eigenvalue weighted by Crippen LogP contribution is -2.50. The summed E-state index contributed by atoms with van der Waals surface area (Å²) in [5.74, 6) is 0.666. The molecule has 2 aliphatic rings. The Bertz CT molecular complexity index is 315. The van der Waals surface area contributed by atoms with Gasteiger partial charge in [0.25, 0.3) is 0 Å². The molecule has 4 nitrogen and oxygen atoms in total. The average molecular weight is 281 g/mol. The Kier molecular flexibility index (Phi) is 5.85. The van der Waals surface area contributed by atoms with E-state index >= 15 is 0 Å². The van der Waals surface area contributed by atoms with E-state index in [4.69, 9.17) is 5.73 Å². The van der Waals surface area contributed by atoms with Gasteiger partial charge >= 0.3 is 0 Å². The van der Waals surface area contributed by atoms with Crippen LogP contribution >= 0.6 is 0 Å². The molecule has 2 rings (SSSR count). The van der Waals surface area contributed by atoms with E-state index in [1.807, 2.05) is 0 Å². The number of nitrogens with zero attached hydrogens (tertiary/aromatic N) is 1. The Balaban J connectivity index is 1.76. The minimum absolute atomic E-state index is 0.0207. The minimum atomic E-state index is 0.0207. The van der Waals surface area contributed by atoms with E-state index in [2.05, 4.69) is 24.1 Å². The average Bonchev–Trinajstić information content (AvgIpc) is 2.48. The largest absolute Gasteiger partial charge is 0.354 e. The highest BCUT2D eigenvalue weighted by atomic mass is 16.1. The highest BCUT2D eigenvalue weighted by Crippen LogP contribution is 2.27. The van der Waals surface area contributed by atoms with Crippen LogP contribution in [0.25, 0.3) is 0 Å². The molecule has 1 saturated heterocycles. The van der Waals surface area contributed by atoms with Crippen molar-refractivity contribution in [2.24, 2.45) is 17.6 Å². The zero-order valence-corrected chi connectivity index (χ0v) is 13.1. The summed E-state index contributed by atoms with van der Waals surface area (Å²) in [6.45, 7) is 7.50. The lowest BCUT2D eigenvalue weighted by atomic mass is 9.78. The molecule has 0 bridgehead atoms. The van der Waals surface area contributed by atoms with Crippen LogP contribution in [0, 0.1) is 11.8 Å². The summed E-state index contributed by atoms with van der Waals surface area (Å²) in [7, 11) is 0. The third kappa shape index (κ3) is 3.95. The van der Waals surface area contributed by atoms with Gasteiger partial charge in [0.05, 0.1) is 5.92 Å². The summed E-state index contributed by atoms with van der Waals surface area (Å²) in [5.41, 5.74) is 6.20. The maximum absolute atomic E-state index is 12.3. The van der Waals surface area contributed by atoms with Crippen molar-refractivity contribution >= 4 is 5.91 Å². The Morgan fingerprint density at radius 2 is 1.95 bits per heavy atom. The van der Waals surface area contributed by atoms with Gasteiger partial charge in [-0.15, -0.1) is 0 Å². The summed E-state index contributed by atoms with van der Waals surface area (Å²) in [4.78, 5) is 14.8. The predicted molar refractivity (Wildman–Crippen MR) is 82.4 cm³/mol. The molecule has 20 heavy (non-hydrogen) atoms. The molecule has 1 heterocycles. The summed E-state index contributed by atoms with van der Waals surface area (Å²) in [5, 5.41) is 3.14. The van der Waals surface area contributed by atoms with Crippen LogP contribution in [0.4, 0.5) is 0 Å². The Hall–Kier alpha value is -0.610. The molecule has 1 amide bonds. The lowest BCUT2D eigenvalue weighted by molar-refractivity contribution is -0.127. The fraction of sp³-hybridized carbons (Fsp3) is 0.938. The second-order valence-electron chi connectivity index (χ2n) is 6.78. The summed E-state index contributed by atoms with van der Waals surface area (Å²) < 4.78 is 0. The maximum atomic E-state index is 12.3. The van der Waals surface area contributed by atoms with Crippen LogP contribution in [-0.2, 0) is 4.79 Å². The van der Waals surface area contributed by atoms with Crippen molar-refractivity contribution in [1.82, 2.24) is 10.2 Å².